The number of carbonyl (C=O) groups excluding carboxylic acids is 1. The summed E-state index contributed by atoms with van der Waals surface area (Å²) in [4.78, 5) is 16.9. The van der Waals surface area contributed by atoms with Gasteiger partial charge in [-0.2, -0.15) is 0 Å². The highest BCUT2D eigenvalue weighted by Crippen LogP contribution is 2.22. The van der Waals surface area contributed by atoms with Crippen LogP contribution in [0.4, 0.5) is 0 Å². The van der Waals surface area contributed by atoms with E-state index in [-0.39, 0.29) is 12.0 Å². The van der Waals surface area contributed by atoms with Crippen molar-refractivity contribution < 1.29 is 9.63 Å². The molecule has 2 aromatic rings. The lowest BCUT2D eigenvalue weighted by atomic mass is 10.0. The molecule has 0 aromatic heterocycles. The molecule has 20 heavy (non-hydrogen) atoms. The number of carbonyl (C=O) groups is 1. The lowest BCUT2D eigenvalue weighted by Crippen LogP contribution is -2.29. The fraction of sp³-hybridized carbons (Fsp3) is 0.235. The number of hydrogen-bond donors (Lipinski definition) is 0. The zero-order chi connectivity index (χ0) is 13.8. The Bertz CT molecular complexity index is 517. The molecule has 3 nitrogen and oxygen atoms in total. The molecular weight excluding hydrogens is 250 g/mol. The van der Waals surface area contributed by atoms with Crippen molar-refractivity contribution in [2.24, 2.45) is 0 Å². The van der Waals surface area contributed by atoms with Crippen LogP contribution in [-0.2, 0) is 22.6 Å². The average molecular weight is 267 g/mol. The smallest absolute Gasteiger partial charge is 0.326 e. The lowest BCUT2D eigenvalue weighted by Gasteiger charge is -2.21. The normalized spacial score (nSPS) is 19.0. The maximum Gasteiger partial charge on any atom is 0.326 e. The molecule has 1 fully saturated rings. The summed E-state index contributed by atoms with van der Waals surface area (Å²) in [5.74, 6) is -0.137. The van der Waals surface area contributed by atoms with Gasteiger partial charge in [-0.25, -0.2) is 0 Å². The molecule has 0 bridgehead atoms. The van der Waals surface area contributed by atoms with Gasteiger partial charge < -0.3 is 4.84 Å². The van der Waals surface area contributed by atoms with Crippen LogP contribution in [0.3, 0.4) is 0 Å². The fourth-order valence-electron chi connectivity index (χ4n) is 2.52. The van der Waals surface area contributed by atoms with E-state index in [9.17, 15) is 4.79 Å². The second kappa shape index (κ2) is 5.88. The Labute approximate surface area is 118 Å². The molecule has 0 radical (unpaired) electrons. The quantitative estimate of drug-likeness (QED) is 0.853. The van der Waals surface area contributed by atoms with Crippen molar-refractivity contribution in [2.45, 2.75) is 25.4 Å². The highest BCUT2D eigenvalue weighted by molar-refractivity contribution is 5.71. The molecule has 0 spiro atoms. The molecule has 0 aliphatic carbocycles. The molecular formula is C17H17NO2. The van der Waals surface area contributed by atoms with Gasteiger partial charge in [0.15, 0.2) is 0 Å². The molecule has 1 aliphatic rings. The molecule has 0 amide bonds. The first-order valence-electron chi connectivity index (χ1n) is 6.86. The van der Waals surface area contributed by atoms with Crippen LogP contribution < -0.4 is 0 Å². The first-order chi connectivity index (χ1) is 9.81. The lowest BCUT2D eigenvalue weighted by molar-refractivity contribution is -0.177. The molecule has 0 N–H and O–H groups in total. The second-order valence-electron chi connectivity index (χ2n) is 5.07. The number of benzene rings is 2. The van der Waals surface area contributed by atoms with Crippen LogP contribution >= 0.6 is 0 Å². The summed E-state index contributed by atoms with van der Waals surface area (Å²) < 4.78 is 0. The summed E-state index contributed by atoms with van der Waals surface area (Å²) in [6, 6.07) is 20.4. The van der Waals surface area contributed by atoms with E-state index in [0.717, 1.165) is 12.0 Å². The van der Waals surface area contributed by atoms with E-state index in [4.69, 9.17) is 4.84 Å². The van der Waals surface area contributed by atoms with E-state index < -0.39 is 0 Å². The number of hydroxylamine groups is 2. The summed E-state index contributed by atoms with van der Waals surface area (Å²) >= 11 is 0. The van der Waals surface area contributed by atoms with Crippen molar-refractivity contribution in [2.75, 3.05) is 0 Å². The Morgan fingerprint density at radius 1 is 0.950 bits per heavy atom. The molecule has 1 heterocycles. The van der Waals surface area contributed by atoms with Crippen molar-refractivity contribution in [3.63, 3.8) is 0 Å². The van der Waals surface area contributed by atoms with Gasteiger partial charge in [0.05, 0.1) is 19.0 Å². The van der Waals surface area contributed by atoms with Crippen LogP contribution in [0.1, 0.15) is 17.5 Å². The molecule has 3 rings (SSSR count). The Kier molecular flexibility index (Phi) is 3.79. The number of rotatable bonds is 4. The summed E-state index contributed by atoms with van der Waals surface area (Å²) in [6.45, 7) is 0.643. The minimum atomic E-state index is -0.137. The van der Waals surface area contributed by atoms with Crippen molar-refractivity contribution in [3.05, 3.63) is 71.8 Å². The van der Waals surface area contributed by atoms with Crippen LogP contribution in [0.25, 0.3) is 0 Å². The van der Waals surface area contributed by atoms with Gasteiger partial charge in [0, 0.05) is 0 Å². The van der Waals surface area contributed by atoms with Gasteiger partial charge in [-0.15, -0.1) is 5.06 Å². The van der Waals surface area contributed by atoms with Gasteiger partial charge in [0.2, 0.25) is 0 Å². The van der Waals surface area contributed by atoms with E-state index >= 15 is 0 Å². The molecule has 3 heteroatoms. The molecule has 2 aromatic carbocycles. The molecule has 102 valence electrons. The van der Waals surface area contributed by atoms with Crippen LogP contribution in [0, 0.1) is 0 Å². The first-order valence-corrected chi connectivity index (χ1v) is 6.86. The van der Waals surface area contributed by atoms with Gasteiger partial charge in [-0.05, 0) is 17.5 Å². The number of nitrogens with zero attached hydrogens (tertiary/aromatic N) is 1. The third kappa shape index (κ3) is 3.06. The van der Waals surface area contributed by atoms with Gasteiger partial charge in [0.1, 0.15) is 0 Å². The minimum Gasteiger partial charge on any atom is -0.367 e. The molecule has 0 saturated carbocycles. The minimum absolute atomic E-state index is 0.116. The SMILES string of the molecule is O=C1C[C@@H](Cc2ccccc2)N(Cc2ccccc2)O1. The first kappa shape index (κ1) is 12.9. The Morgan fingerprint density at radius 3 is 2.20 bits per heavy atom. The van der Waals surface area contributed by atoms with Gasteiger partial charge in [-0.3, -0.25) is 4.79 Å². The van der Waals surface area contributed by atoms with E-state index in [2.05, 4.69) is 12.1 Å². The maximum atomic E-state index is 11.6. The third-order valence-corrected chi connectivity index (χ3v) is 3.52. The predicted molar refractivity (Wildman–Crippen MR) is 76.6 cm³/mol. The maximum absolute atomic E-state index is 11.6. The van der Waals surface area contributed by atoms with Crippen LogP contribution in [0.2, 0.25) is 0 Å². The molecule has 1 atom stereocenters. The largest absolute Gasteiger partial charge is 0.367 e. The highest BCUT2D eigenvalue weighted by Gasteiger charge is 2.32. The van der Waals surface area contributed by atoms with Crippen molar-refractivity contribution in [1.29, 1.82) is 0 Å². The molecule has 1 aliphatic heterocycles. The van der Waals surface area contributed by atoms with E-state index in [1.807, 2.05) is 53.6 Å². The van der Waals surface area contributed by atoms with Gasteiger partial charge >= 0.3 is 5.97 Å². The zero-order valence-electron chi connectivity index (χ0n) is 11.2. The van der Waals surface area contributed by atoms with Crippen LogP contribution in [-0.4, -0.2) is 17.1 Å². The zero-order valence-corrected chi connectivity index (χ0v) is 11.2. The summed E-state index contributed by atoms with van der Waals surface area (Å²) in [5, 5.41) is 1.81. The van der Waals surface area contributed by atoms with Crippen molar-refractivity contribution in [3.8, 4) is 0 Å². The molecule has 0 unspecified atom stereocenters. The van der Waals surface area contributed by atoms with E-state index in [1.165, 1.54) is 5.56 Å². The van der Waals surface area contributed by atoms with E-state index in [0.29, 0.717) is 13.0 Å². The molecule has 1 saturated heterocycles. The van der Waals surface area contributed by atoms with Crippen LogP contribution in [0.5, 0.6) is 0 Å². The summed E-state index contributed by atoms with van der Waals surface area (Å²) in [5.41, 5.74) is 2.38. The van der Waals surface area contributed by atoms with Crippen LogP contribution in [0.15, 0.2) is 60.7 Å². The van der Waals surface area contributed by atoms with Gasteiger partial charge in [0.25, 0.3) is 0 Å². The predicted octanol–water partition coefficient (Wildman–Crippen LogP) is 2.96. The number of hydrogen-bond acceptors (Lipinski definition) is 3. The van der Waals surface area contributed by atoms with E-state index in [1.54, 1.807) is 0 Å². The third-order valence-electron chi connectivity index (χ3n) is 3.52. The Balaban J connectivity index is 1.70. The summed E-state index contributed by atoms with van der Waals surface area (Å²) in [6.07, 6.45) is 1.29. The highest BCUT2D eigenvalue weighted by atomic mass is 16.7. The van der Waals surface area contributed by atoms with Gasteiger partial charge in [-0.1, -0.05) is 60.7 Å². The monoisotopic (exact) mass is 267 g/mol. The standard InChI is InChI=1S/C17H17NO2/c19-17-12-16(11-14-7-3-1-4-8-14)18(20-17)13-15-9-5-2-6-10-15/h1-10,16H,11-13H2/t16-/m1/s1. The summed E-state index contributed by atoms with van der Waals surface area (Å²) in [7, 11) is 0. The van der Waals surface area contributed by atoms with Crippen molar-refractivity contribution >= 4 is 5.97 Å². The second-order valence-corrected chi connectivity index (χ2v) is 5.07. The Hall–Kier alpha value is -2.13. The average Bonchev–Trinajstić information content (AvgIpc) is 2.81. The Morgan fingerprint density at radius 2 is 1.55 bits per heavy atom. The van der Waals surface area contributed by atoms with Crippen molar-refractivity contribution in [1.82, 2.24) is 5.06 Å². The fourth-order valence-corrected chi connectivity index (χ4v) is 2.52. The topological polar surface area (TPSA) is 29.5 Å².